The van der Waals surface area contributed by atoms with E-state index in [4.69, 9.17) is 31.4 Å². The summed E-state index contributed by atoms with van der Waals surface area (Å²) in [5.74, 6) is 13.2. The molecule has 0 atom stereocenters. The van der Waals surface area contributed by atoms with E-state index in [1.165, 1.54) is 72.8 Å². The minimum Gasteiger partial charge on any atom is -0.478 e. The molecule has 0 aliphatic carbocycles. The van der Waals surface area contributed by atoms with E-state index >= 15 is 0 Å². The Labute approximate surface area is 213 Å². The number of rotatable bonds is 12. The Morgan fingerprint density at radius 1 is 0.553 bits per heavy atom. The molecule has 0 saturated carbocycles. The maximum Gasteiger partial charge on any atom is 0.543 e. The van der Waals surface area contributed by atoms with Crippen LogP contribution in [0.3, 0.4) is 0 Å². The van der Waals surface area contributed by atoms with Crippen LogP contribution < -0.4 is 33.0 Å². The van der Waals surface area contributed by atoms with Crippen molar-refractivity contribution in [3.63, 3.8) is 0 Å². The monoisotopic (exact) mass is 548 g/mol. The van der Waals surface area contributed by atoms with E-state index in [1.54, 1.807) is 0 Å². The van der Waals surface area contributed by atoms with Crippen molar-refractivity contribution in [3.8, 4) is 0 Å². The first-order chi connectivity index (χ1) is 17.9. The topological polar surface area (TPSA) is 244 Å². The maximum absolute atomic E-state index is 13.7. The Balaban J connectivity index is 2.01. The average Bonchev–Trinajstić information content (AvgIpc) is 2.88. The summed E-state index contributed by atoms with van der Waals surface area (Å²) in [6, 6.07) is 15.5. The molecule has 0 saturated heterocycles. The standard InChI is InChI=1S/C21H21N6O10P/c22-25(16-10-4-1-7-13(16)19(28)29)35-38(34,36-26(23)17-11-5-2-8-14(17)20(30)31)37-27(24)18-12-6-3-9-15(18)21(32)33/h1-12H,22-24H2,(H,28,29)(H,30,31)(H,32,33). The number of hydrogen-bond donors (Lipinski definition) is 6. The third kappa shape index (κ3) is 6.41. The van der Waals surface area contributed by atoms with E-state index < -0.39 is 25.7 Å². The van der Waals surface area contributed by atoms with E-state index in [1.807, 2.05) is 0 Å². The Morgan fingerprint density at radius 3 is 1.03 bits per heavy atom. The van der Waals surface area contributed by atoms with Crippen molar-refractivity contribution in [1.82, 2.24) is 0 Å². The van der Waals surface area contributed by atoms with Crippen LogP contribution in [0.4, 0.5) is 17.1 Å². The van der Waals surface area contributed by atoms with Gasteiger partial charge in [-0.1, -0.05) is 36.4 Å². The highest BCUT2D eigenvalue weighted by molar-refractivity contribution is 7.48. The predicted octanol–water partition coefficient (Wildman–Crippen LogP) is 2.12. The van der Waals surface area contributed by atoms with Crippen molar-refractivity contribution in [2.45, 2.75) is 0 Å². The molecule has 0 radical (unpaired) electrons. The summed E-state index contributed by atoms with van der Waals surface area (Å²) in [5, 5.41) is 29.0. The second-order valence-corrected chi connectivity index (χ2v) is 8.52. The fourth-order valence-electron chi connectivity index (χ4n) is 3.04. The summed E-state index contributed by atoms with van der Waals surface area (Å²) in [5.41, 5.74) is -2.04. The summed E-state index contributed by atoms with van der Waals surface area (Å²) in [6.07, 6.45) is 0. The minimum absolute atomic E-state index is 0.248. The van der Waals surface area contributed by atoms with Crippen LogP contribution in [0.1, 0.15) is 31.1 Å². The molecule has 0 aromatic heterocycles. The quantitative estimate of drug-likeness (QED) is 0.108. The Hall–Kier alpha value is -4.54. The Morgan fingerprint density at radius 2 is 0.789 bits per heavy atom. The van der Waals surface area contributed by atoms with Gasteiger partial charge < -0.3 is 15.3 Å². The molecule has 0 amide bonds. The van der Waals surface area contributed by atoms with Crippen molar-refractivity contribution in [3.05, 3.63) is 89.5 Å². The van der Waals surface area contributed by atoms with E-state index in [0.29, 0.717) is 0 Å². The van der Waals surface area contributed by atoms with Crippen molar-refractivity contribution < 1.29 is 48.1 Å². The molecule has 16 nitrogen and oxygen atoms in total. The molecule has 38 heavy (non-hydrogen) atoms. The second-order valence-electron chi connectivity index (χ2n) is 7.14. The summed E-state index contributed by atoms with van der Waals surface area (Å²) < 4.78 is 29.1. The zero-order chi connectivity index (χ0) is 28.0. The largest absolute Gasteiger partial charge is 0.543 e. The summed E-state index contributed by atoms with van der Waals surface area (Å²) >= 11 is 0. The summed E-state index contributed by atoms with van der Waals surface area (Å²) in [4.78, 5) is 34.7. The van der Waals surface area contributed by atoms with E-state index in [-0.39, 0.29) is 49.3 Å². The molecule has 17 heteroatoms. The van der Waals surface area contributed by atoms with Gasteiger partial charge in [0.25, 0.3) is 0 Å². The SMILES string of the molecule is NN(OP(=O)(ON(N)c1ccccc1C(=O)O)ON(N)c1ccccc1C(=O)O)c1ccccc1C(=O)O. The predicted molar refractivity (Wildman–Crippen MR) is 131 cm³/mol. The number of aromatic carboxylic acids is 3. The highest BCUT2D eigenvalue weighted by Crippen LogP contribution is 2.52. The number of phosphoric acid groups is 1. The second kappa shape index (κ2) is 11.7. The zero-order valence-corrected chi connectivity index (χ0v) is 20.0. The van der Waals surface area contributed by atoms with Crippen LogP contribution in [0.2, 0.25) is 0 Å². The summed E-state index contributed by atoms with van der Waals surface area (Å²) in [7, 11) is -5.21. The van der Waals surface area contributed by atoms with Crippen molar-refractivity contribution in [2.24, 2.45) is 17.5 Å². The lowest BCUT2D eigenvalue weighted by atomic mass is 10.2. The fraction of sp³-hybridized carbons (Fsp3) is 0. The maximum atomic E-state index is 13.7. The van der Waals surface area contributed by atoms with Crippen LogP contribution in [0, 0.1) is 0 Å². The van der Waals surface area contributed by atoms with Gasteiger partial charge in [0.15, 0.2) is 0 Å². The number of carboxylic acids is 3. The fourth-order valence-corrected chi connectivity index (χ4v) is 4.04. The van der Waals surface area contributed by atoms with Crippen molar-refractivity contribution in [1.29, 1.82) is 0 Å². The van der Waals surface area contributed by atoms with E-state index in [0.717, 1.165) is 0 Å². The van der Waals surface area contributed by atoms with Crippen LogP contribution >= 0.6 is 7.82 Å². The van der Waals surface area contributed by atoms with Gasteiger partial charge in [0.2, 0.25) is 0 Å². The van der Waals surface area contributed by atoms with Gasteiger partial charge in [-0.25, -0.2) is 36.5 Å². The molecule has 3 aromatic carbocycles. The number of anilines is 3. The lowest BCUT2D eigenvalue weighted by Crippen LogP contribution is -2.39. The van der Waals surface area contributed by atoms with Crippen LogP contribution in [0.25, 0.3) is 0 Å². The Kier molecular flexibility index (Phi) is 8.61. The average molecular weight is 548 g/mol. The van der Waals surface area contributed by atoms with Crippen molar-refractivity contribution >= 4 is 42.8 Å². The molecule has 3 aromatic rings. The Bertz CT molecular complexity index is 1240. The number of nitrogens with zero attached hydrogens (tertiary/aromatic N) is 3. The van der Waals surface area contributed by atoms with Gasteiger partial charge in [-0.05, 0) is 36.4 Å². The molecular weight excluding hydrogens is 527 g/mol. The van der Waals surface area contributed by atoms with E-state index in [9.17, 15) is 34.3 Å². The van der Waals surface area contributed by atoms with E-state index in [2.05, 4.69) is 0 Å². The number of hydrogen-bond acceptors (Lipinski definition) is 13. The minimum atomic E-state index is -5.21. The molecule has 0 aliphatic heterocycles. The number of carbonyl (C=O) groups is 3. The van der Waals surface area contributed by atoms with Gasteiger partial charge in [0.1, 0.15) is 0 Å². The molecule has 0 bridgehead atoms. The van der Waals surface area contributed by atoms with Gasteiger partial charge >= 0.3 is 25.7 Å². The molecule has 0 fully saturated rings. The van der Waals surface area contributed by atoms with Crippen LogP contribution in [-0.2, 0) is 18.4 Å². The molecule has 0 unspecified atom stereocenters. The van der Waals surface area contributed by atoms with Crippen LogP contribution in [0.15, 0.2) is 72.8 Å². The molecule has 9 N–H and O–H groups in total. The van der Waals surface area contributed by atoms with Gasteiger partial charge in [0.05, 0.1) is 33.8 Å². The van der Waals surface area contributed by atoms with Gasteiger partial charge in [0, 0.05) is 0 Å². The molecule has 0 aliphatic rings. The number of nitrogens with two attached hydrogens (primary N) is 3. The molecule has 3 rings (SSSR count). The number of benzene rings is 3. The molecule has 0 spiro atoms. The molecule has 200 valence electrons. The third-order valence-electron chi connectivity index (χ3n) is 4.68. The number of para-hydroxylation sites is 3. The number of hydrazine groups is 3. The molecule has 0 heterocycles. The van der Waals surface area contributed by atoms with Crippen molar-refractivity contribution in [2.75, 3.05) is 15.5 Å². The lowest BCUT2D eigenvalue weighted by Gasteiger charge is -2.30. The highest BCUT2D eigenvalue weighted by Gasteiger charge is 2.39. The third-order valence-corrected chi connectivity index (χ3v) is 5.81. The lowest BCUT2D eigenvalue weighted by molar-refractivity contribution is 0.0684. The number of carboxylic acid groups (broad SMARTS) is 3. The van der Waals surface area contributed by atoms with Gasteiger partial charge in [-0.3, -0.25) is 0 Å². The smallest absolute Gasteiger partial charge is 0.478 e. The first-order valence-electron chi connectivity index (χ1n) is 10.2. The van der Waals surface area contributed by atoms with Crippen LogP contribution in [-0.4, -0.2) is 33.2 Å². The first kappa shape index (κ1) is 28.0. The zero-order valence-electron chi connectivity index (χ0n) is 19.1. The summed E-state index contributed by atoms with van der Waals surface area (Å²) in [6.45, 7) is 0. The highest BCUT2D eigenvalue weighted by atomic mass is 31.2. The van der Waals surface area contributed by atoms with Gasteiger partial charge in [-0.2, -0.15) is 15.5 Å². The van der Waals surface area contributed by atoms with Gasteiger partial charge in [-0.15, -0.1) is 13.9 Å². The van der Waals surface area contributed by atoms with Crippen LogP contribution in [0.5, 0.6) is 0 Å². The first-order valence-corrected chi connectivity index (χ1v) is 11.7. The normalized spacial score (nSPS) is 11.0. The molecular formula is C21H21N6O10P.